The molecule has 0 aliphatic heterocycles. The van der Waals surface area contributed by atoms with Crippen LogP contribution in [0.2, 0.25) is 24.7 Å². The Bertz CT molecular complexity index is 196. The lowest BCUT2D eigenvalue weighted by Gasteiger charge is -2.46. The average Bonchev–Trinajstić information content (AvgIpc) is 2.32. The monoisotopic (exact) mass is 277 g/mol. The molecule has 0 aromatic heterocycles. The molecule has 0 bridgehead atoms. The Morgan fingerprint density at radius 1 is 0.824 bits per heavy atom. The largest absolute Gasteiger partial charge is 0.417 e. The van der Waals surface area contributed by atoms with E-state index in [1.54, 1.807) is 0 Å². The van der Waals surface area contributed by atoms with Crippen LogP contribution >= 0.6 is 0 Å². The van der Waals surface area contributed by atoms with Gasteiger partial charge in [-0.3, -0.25) is 0 Å². The van der Waals surface area contributed by atoms with Crippen molar-refractivity contribution in [1.82, 2.24) is 4.23 Å². The zero-order valence-electron chi connectivity index (χ0n) is 12.8. The van der Waals surface area contributed by atoms with Crippen molar-refractivity contribution >= 4 is 17.0 Å². The van der Waals surface area contributed by atoms with Crippen LogP contribution in [0.4, 0.5) is 0 Å². The second-order valence-electron chi connectivity index (χ2n) is 4.61. The molecule has 0 unspecified atom stereocenters. The first-order valence-corrected chi connectivity index (χ1v) is 11.8. The van der Waals surface area contributed by atoms with Crippen molar-refractivity contribution in [2.75, 3.05) is 20.3 Å². The topological polar surface area (TPSA) is 21.7 Å². The van der Waals surface area contributed by atoms with Gasteiger partial charge in [0.05, 0.1) is 0 Å². The predicted molar refractivity (Wildman–Crippen MR) is 79.8 cm³/mol. The molecule has 0 aromatic carbocycles. The van der Waals surface area contributed by atoms with Gasteiger partial charge >= 0.3 is 8.72 Å². The van der Waals surface area contributed by atoms with E-state index < -0.39 is 17.0 Å². The highest BCUT2D eigenvalue weighted by Crippen LogP contribution is 2.29. The molecular weight excluding hydrogens is 246 g/mol. The summed E-state index contributed by atoms with van der Waals surface area (Å²) in [5.41, 5.74) is 0. The zero-order valence-corrected chi connectivity index (χ0v) is 14.8. The Labute approximate surface area is 110 Å². The van der Waals surface area contributed by atoms with Crippen LogP contribution in [0.5, 0.6) is 0 Å². The lowest BCUT2D eigenvalue weighted by atomic mass is 10.9. The molecule has 0 spiro atoms. The summed E-state index contributed by atoms with van der Waals surface area (Å²) in [7, 11) is -1.31. The molecule has 0 aliphatic rings. The number of hydrogen-bond donors (Lipinski definition) is 0. The molecule has 0 N–H and O–H groups in total. The first-order chi connectivity index (χ1) is 7.96. The fourth-order valence-electron chi connectivity index (χ4n) is 2.66. The molecule has 0 atom stereocenters. The number of hydrogen-bond acceptors (Lipinski definition) is 3. The Kier molecular flexibility index (Phi) is 7.83. The molecule has 0 aliphatic carbocycles. The summed E-state index contributed by atoms with van der Waals surface area (Å²) in [6, 6.07) is 3.83. The Morgan fingerprint density at radius 3 is 1.41 bits per heavy atom. The van der Waals surface area contributed by atoms with Gasteiger partial charge in [0.25, 0.3) is 0 Å². The maximum Gasteiger partial charge on any atom is 0.417 e. The van der Waals surface area contributed by atoms with Gasteiger partial charge in [-0.15, -0.1) is 0 Å². The van der Waals surface area contributed by atoms with Crippen LogP contribution in [-0.4, -0.2) is 41.5 Å². The van der Waals surface area contributed by atoms with E-state index >= 15 is 0 Å². The third-order valence-electron chi connectivity index (χ3n) is 4.12. The molecule has 0 saturated heterocycles. The standard InChI is InChI=1S/C12H31NO2Si2/c1-8-14-16(7,15-9-2)13(6)17(10-3,11-4)12-5/h8-12H2,1-7H3. The van der Waals surface area contributed by atoms with Crippen LogP contribution in [0.25, 0.3) is 0 Å². The van der Waals surface area contributed by atoms with Gasteiger partial charge in [-0.2, -0.15) is 0 Å². The van der Waals surface area contributed by atoms with Crippen LogP contribution in [0.15, 0.2) is 0 Å². The number of rotatable bonds is 9. The average molecular weight is 278 g/mol. The highest BCUT2D eigenvalue weighted by atomic mass is 28.4. The van der Waals surface area contributed by atoms with E-state index in [1.807, 2.05) is 0 Å². The second-order valence-corrected chi connectivity index (χ2v) is 13.3. The molecule has 17 heavy (non-hydrogen) atoms. The van der Waals surface area contributed by atoms with Gasteiger partial charge in [0.1, 0.15) is 8.24 Å². The van der Waals surface area contributed by atoms with Gasteiger partial charge < -0.3 is 13.1 Å². The summed E-state index contributed by atoms with van der Waals surface area (Å²) in [6.07, 6.45) is 0. The van der Waals surface area contributed by atoms with Gasteiger partial charge in [-0.1, -0.05) is 20.8 Å². The van der Waals surface area contributed by atoms with Crippen LogP contribution in [0, 0.1) is 0 Å². The minimum Gasteiger partial charge on any atom is -0.383 e. The van der Waals surface area contributed by atoms with Crippen molar-refractivity contribution in [3.05, 3.63) is 0 Å². The molecule has 0 radical (unpaired) electrons. The van der Waals surface area contributed by atoms with E-state index in [4.69, 9.17) is 8.85 Å². The van der Waals surface area contributed by atoms with Gasteiger partial charge in [0.15, 0.2) is 0 Å². The first kappa shape index (κ1) is 17.3. The predicted octanol–water partition coefficient (Wildman–Crippen LogP) is 3.57. The highest BCUT2D eigenvalue weighted by molar-refractivity contribution is 6.87. The maximum absolute atomic E-state index is 6.02. The van der Waals surface area contributed by atoms with Crippen molar-refractivity contribution in [2.45, 2.75) is 59.3 Å². The molecule has 5 heteroatoms. The summed E-state index contributed by atoms with van der Waals surface area (Å²) >= 11 is 0. The molecule has 104 valence electrons. The van der Waals surface area contributed by atoms with Gasteiger partial charge in [-0.25, -0.2) is 0 Å². The van der Waals surface area contributed by atoms with E-state index in [0.29, 0.717) is 0 Å². The number of nitrogens with zero attached hydrogens (tertiary/aromatic N) is 1. The smallest absolute Gasteiger partial charge is 0.383 e. The van der Waals surface area contributed by atoms with Crippen LogP contribution < -0.4 is 0 Å². The minimum atomic E-state index is -2.16. The molecule has 0 rings (SSSR count). The Morgan fingerprint density at radius 2 is 1.18 bits per heavy atom. The van der Waals surface area contributed by atoms with Crippen molar-refractivity contribution in [3.63, 3.8) is 0 Å². The van der Waals surface area contributed by atoms with Crippen molar-refractivity contribution in [2.24, 2.45) is 0 Å². The lowest BCUT2D eigenvalue weighted by Crippen LogP contribution is -2.66. The summed E-state index contributed by atoms with van der Waals surface area (Å²) in [5.74, 6) is 0. The first-order valence-electron chi connectivity index (χ1n) is 6.98. The molecular formula is C12H31NO2Si2. The Balaban J connectivity index is 5.08. The SMILES string of the molecule is CCO[Si](C)(OCC)N(C)[Si](CC)(CC)CC. The van der Waals surface area contributed by atoms with Gasteiger partial charge in [0, 0.05) is 13.2 Å². The second kappa shape index (κ2) is 7.68. The fraction of sp³-hybridized carbons (Fsp3) is 1.00. The van der Waals surface area contributed by atoms with E-state index in [0.717, 1.165) is 13.2 Å². The van der Waals surface area contributed by atoms with E-state index in [-0.39, 0.29) is 0 Å². The van der Waals surface area contributed by atoms with Crippen molar-refractivity contribution in [3.8, 4) is 0 Å². The molecule has 0 fully saturated rings. The van der Waals surface area contributed by atoms with Gasteiger partial charge in [-0.05, 0) is 45.6 Å². The third kappa shape index (κ3) is 3.89. The van der Waals surface area contributed by atoms with E-state index in [2.05, 4.69) is 52.4 Å². The summed E-state index contributed by atoms with van der Waals surface area (Å²) in [5, 5.41) is 0. The maximum atomic E-state index is 6.02. The van der Waals surface area contributed by atoms with Crippen LogP contribution in [0.1, 0.15) is 34.6 Å². The summed E-state index contributed by atoms with van der Waals surface area (Å²) in [6.45, 7) is 14.8. The third-order valence-corrected chi connectivity index (χ3v) is 15.0. The lowest BCUT2D eigenvalue weighted by molar-refractivity contribution is 0.157. The normalized spacial score (nSPS) is 13.4. The molecule has 0 aromatic rings. The summed E-state index contributed by atoms with van der Waals surface area (Å²) in [4.78, 5) is 0. The molecule has 0 heterocycles. The van der Waals surface area contributed by atoms with E-state index in [9.17, 15) is 0 Å². The molecule has 3 nitrogen and oxygen atoms in total. The summed E-state index contributed by atoms with van der Waals surface area (Å²) < 4.78 is 14.6. The highest BCUT2D eigenvalue weighted by Gasteiger charge is 2.47. The molecule has 0 saturated carbocycles. The zero-order chi connectivity index (χ0) is 13.5. The van der Waals surface area contributed by atoms with Crippen molar-refractivity contribution < 1.29 is 8.85 Å². The quantitative estimate of drug-likeness (QED) is 0.602. The van der Waals surface area contributed by atoms with Crippen LogP contribution in [-0.2, 0) is 8.85 Å². The fourth-order valence-corrected chi connectivity index (χ4v) is 12.4. The van der Waals surface area contributed by atoms with Gasteiger partial charge in [0.2, 0.25) is 0 Å². The minimum absolute atomic E-state index is 0.745. The van der Waals surface area contributed by atoms with Crippen LogP contribution in [0.3, 0.4) is 0 Å². The van der Waals surface area contributed by atoms with E-state index in [1.165, 1.54) is 18.1 Å². The molecule has 0 amide bonds. The van der Waals surface area contributed by atoms with Crippen molar-refractivity contribution in [1.29, 1.82) is 0 Å². The Hall–Kier alpha value is 0.314.